The summed E-state index contributed by atoms with van der Waals surface area (Å²) in [7, 11) is 0. The van der Waals surface area contributed by atoms with Crippen LogP contribution in [0.1, 0.15) is 10.5 Å². The van der Waals surface area contributed by atoms with Crippen molar-refractivity contribution >= 4 is 16.9 Å². The molecule has 4 nitrogen and oxygen atoms in total. The molecular formula is C9H6FN3O. The van der Waals surface area contributed by atoms with Crippen LogP contribution in [0.5, 0.6) is 0 Å². The van der Waals surface area contributed by atoms with Crippen molar-refractivity contribution < 1.29 is 9.18 Å². The molecule has 0 unspecified atom stereocenters. The van der Waals surface area contributed by atoms with Gasteiger partial charge in [0.1, 0.15) is 0 Å². The van der Waals surface area contributed by atoms with E-state index in [0.29, 0.717) is 11.0 Å². The molecule has 1 heterocycles. The van der Waals surface area contributed by atoms with Gasteiger partial charge in [0.25, 0.3) is 5.91 Å². The van der Waals surface area contributed by atoms with Gasteiger partial charge in [-0.1, -0.05) is 12.1 Å². The second kappa shape index (κ2) is 3.02. The highest BCUT2D eigenvalue weighted by molar-refractivity contribution is 5.92. The van der Waals surface area contributed by atoms with Crippen LogP contribution in [-0.4, -0.2) is 15.9 Å². The molecule has 0 spiro atoms. The maximum Gasteiger partial charge on any atom is 0.272 e. The highest BCUT2D eigenvalue weighted by Crippen LogP contribution is 2.10. The number of halogens is 1. The molecule has 0 saturated carbocycles. The number of amides is 1. The van der Waals surface area contributed by atoms with Crippen LogP contribution in [0.2, 0.25) is 0 Å². The Hall–Kier alpha value is -2.04. The average Bonchev–Trinajstić information content (AvgIpc) is 2.16. The van der Waals surface area contributed by atoms with Crippen molar-refractivity contribution in [3.05, 3.63) is 35.9 Å². The summed E-state index contributed by atoms with van der Waals surface area (Å²) in [6.07, 6.45) is 0. The van der Waals surface area contributed by atoms with Crippen LogP contribution in [-0.2, 0) is 0 Å². The Morgan fingerprint density at radius 3 is 2.36 bits per heavy atom. The number of para-hydroxylation sites is 2. The summed E-state index contributed by atoms with van der Waals surface area (Å²) in [4.78, 5) is 18.1. The molecule has 70 valence electrons. The first-order valence-electron chi connectivity index (χ1n) is 3.90. The molecule has 0 atom stereocenters. The standard InChI is InChI=1S/C9H6FN3O/c10-8-7(9(11)14)12-5-3-1-2-4-6(5)13-8/h1-4H,(H2,11,14). The van der Waals surface area contributed by atoms with Crippen molar-refractivity contribution in [2.75, 3.05) is 0 Å². The summed E-state index contributed by atoms with van der Waals surface area (Å²) in [5.41, 5.74) is 5.34. The van der Waals surface area contributed by atoms with E-state index in [9.17, 15) is 9.18 Å². The van der Waals surface area contributed by atoms with Gasteiger partial charge in [0, 0.05) is 0 Å². The first-order chi connectivity index (χ1) is 6.68. The molecule has 0 radical (unpaired) electrons. The van der Waals surface area contributed by atoms with E-state index in [1.165, 1.54) is 0 Å². The number of nitrogens with two attached hydrogens (primary N) is 1. The summed E-state index contributed by atoms with van der Waals surface area (Å²) in [6.45, 7) is 0. The van der Waals surface area contributed by atoms with Crippen molar-refractivity contribution in [2.24, 2.45) is 5.73 Å². The van der Waals surface area contributed by atoms with E-state index in [1.54, 1.807) is 24.3 Å². The summed E-state index contributed by atoms with van der Waals surface area (Å²) in [6, 6.07) is 6.67. The molecule has 0 fully saturated rings. The van der Waals surface area contributed by atoms with E-state index in [-0.39, 0.29) is 0 Å². The number of carbonyl (C=O) groups is 1. The second-order valence-electron chi connectivity index (χ2n) is 2.72. The number of aromatic nitrogens is 2. The lowest BCUT2D eigenvalue weighted by Crippen LogP contribution is -2.16. The zero-order valence-corrected chi connectivity index (χ0v) is 7.07. The molecule has 14 heavy (non-hydrogen) atoms. The zero-order chi connectivity index (χ0) is 10.1. The lowest BCUT2D eigenvalue weighted by molar-refractivity contribution is 0.0991. The number of benzene rings is 1. The normalized spacial score (nSPS) is 10.4. The quantitative estimate of drug-likeness (QED) is 0.727. The SMILES string of the molecule is NC(=O)c1nc2ccccc2nc1F. The van der Waals surface area contributed by atoms with Crippen LogP contribution in [0.4, 0.5) is 4.39 Å². The fourth-order valence-electron chi connectivity index (χ4n) is 1.14. The molecule has 2 aromatic rings. The minimum atomic E-state index is -0.934. The predicted octanol–water partition coefficient (Wildman–Crippen LogP) is 0.868. The van der Waals surface area contributed by atoms with Crippen LogP contribution >= 0.6 is 0 Å². The first-order valence-corrected chi connectivity index (χ1v) is 3.90. The number of rotatable bonds is 1. The van der Waals surface area contributed by atoms with Crippen LogP contribution in [0.15, 0.2) is 24.3 Å². The lowest BCUT2D eigenvalue weighted by Gasteiger charge is -1.99. The largest absolute Gasteiger partial charge is 0.364 e. The predicted molar refractivity (Wildman–Crippen MR) is 48.0 cm³/mol. The third-order valence-electron chi connectivity index (χ3n) is 1.76. The van der Waals surface area contributed by atoms with Crippen LogP contribution in [0, 0.1) is 5.95 Å². The maximum atomic E-state index is 13.1. The topological polar surface area (TPSA) is 68.9 Å². The van der Waals surface area contributed by atoms with Crippen LogP contribution in [0.25, 0.3) is 11.0 Å². The molecule has 1 aromatic heterocycles. The minimum Gasteiger partial charge on any atom is -0.364 e. The van der Waals surface area contributed by atoms with Crippen molar-refractivity contribution in [3.8, 4) is 0 Å². The van der Waals surface area contributed by atoms with Gasteiger partial charge in [0.05, 0.1) is 11.0 Å². The molecule has 2 N–H and O–H groups in total. The minimum absolute atomic E-state index is 0.398. The fraction of sp³-hybridized carbons (Fsp3) is 0. The third kappa shape index (κ3) is 1.28. The van der Waals surface area contributed by atoms with Crippen molar-refractivity contribution in [1.29, 1.82) is 0 Å². The molecule has 0 aliphatic rings. The molecule has 1 amide bonds. The van der Waals surface area contributed by atoms with Gasteiger partial charge in [-0.05, 0) is 12.1 Å². The Morgan fingerprint density at radius 1 is 1.21 bits per heavy atom. The Kier molecular flexibility index (Phi) is 1.85. The monoisotopic (exact) mass is 191 g/mol. The number of carbonyl (C=O) groups excluding carboxylic acids is 1. The molecule has 0 aliphatic carbocycles. The number of fused-ring (bicyclic) bond motifs is 1. The molecular weight excluding hydrogens is 185 g/mol. The average molecular weight is 191 g/mol. The molecule has 5 heteroatoms. The molecule has 1 aromatic carbocycles. The van der Waals surface area contributed by atoms with Crippen LogP contribution in [0.3, 0.4) is 0 Å². The van der Waals surface area contributed by atoms with E-state index in [0.717, 1.165) is 0 Å². The summed E-state index contributed by atoms with van der Waals surface area (Å²) >= 11 is 0. The summed E-state index contributed by atoms with van der Waals surface area (Å²) < 4.78 is 13.1. The lowest BCUT2D eigenvalue weighted by atomic mass is 10.3. The fourth-order valence-corrected chi connectivity index (χ4v) is 1.14. The maximum absolute atomic E-state index is 13.1. The van der Waals surface area contributed by atoms with Gasteiger partial charge in [-0.3, -0.25) is 4.79 Å². The number of hydrogen-bond acceptors (Lipinski definition) is 3. The Bertz CT molecular complexity index is 512. The highest BCUT2D eigenvalue weighted by atomic mass is 19.1. The van der Waals surface area contributed by atoms with Gasteiger partial charge in [0.15, 0.2) is 5.69 Å². The number of primary amides is 1. The van der Waals surface area contributed by atoms with Crippen molar-refractivity contribution in [2.45, 2.75) is 0 Å². The molecule has 0 bridgehead atoms. The van der Waals surface area contributed by atoms with Gasteiger partial charge < -0.3 is 5.73 Å². The third-order valence-corrected chi connectivity index (χ3v) is 1.76. The van der Waals surface area contributed by atoms with Gasteiger partial charge in [-0.2, -0.15) is 4.39 Å². The Morgan fingerprint density at radius 2 is 1.79 bits per heavy atom. The molecule has 0 aliphatic heterocycles. The van der Waals surface area contributed by atoms with E-state index >= 15 is 0 Å². The highest BCUT2D eigenvalue weighted by Gasteiger charge is 2.12. The number of nitrogens with zero attached hydrogens (tertiary/aromatic N) is 2. The van der Waals surface area contributed by atoms with E-state index in [1.807, 2.05) is 0 Å². The Labute approximate surface area is 78.6 Å². The van der Waals surface area contributed by atoms with E-state index in [4.69, 9.17) is 5.73 Å². The van der Waals surface area contributed by atoms with Gasteiger partial charge >= 0.3 is 0 Å². The first kappa shape index (κ1) is 8.55. The number of hydrogen-bond donors (Lipinski definition) is 1. The van der Waals surface area contributed by atoms with E-state index < -0.39 is 17.5 Å². The van der Waals surface area contributed by atoms with Gasteiger partial charge in [0.2, 0.25) is 5.95 Å². The Balaban J connectivity index is 2.77. The van der Waals surface area contributed by atoms with Gasteiger partial charge in [-0.15, -0.1) is 0 Å². The van der Waals surface area contributed by atoms with E-state index in [2.05, 4.69) is 9.97 Å². The van der Waals surface area contributed by atoms with Crippen molar-refractivity contribution in [1.82, 2.24) is 9.97 Å². The smallest absolute Gasteiger partial charge is 0.272 e. The molecule has 0 saturated heterocycles. The summed E-state index contributed by atoms with van der Waals surface area (Å²) in [5, 5.41) is 0. The second-order valence-corrected chi connectivity index (χ2v) is 2.72. The zero-order valence-electron chi connectivity index (χ0n) is 7.07. The van der Waals surface area contributed by atoms with Crippen LogP contribution < -0.4 is 5.73 Å². The molecule has 2 rings (SSSR count). The van der Waals surface area contributed by atoms with Crippen molar-refractivity contribution in [3.63, 3.8) is 0 Å². The van der Waals surface area contributed by atoms with Gasteiger partial charge in [-0.25, -0.2) is 9.97 Å². The summed E-state index contributed by atoms with van der Waals surface area (Å²) in [5.74, 6) is -1.85.